The number of hydrogen-bond acceptors (Lipinski definition) is 3. The molecule has 1 saturated heterocycles. The predicted octanol–water partition coefficient (Wildman–Crippen LogP) is 4.23. The zero-order valence-electron chi connectivity index (χ0n) is 17.6. The lowest BCUT2D eigenvalue weighted by molar-refractivity contribution is -0.137. The normalized spacial score (nSPS) is 18.8. The van der Waals surface area contributed by atoms with Gasteiger partial charge in [0.05, 0.1) is 11.5 Å². The quantitative estimate of drug-likeness (QED) is 0.608. The molecule has 3 N–H and O–H groups in total. The summed E-state index contributed by atoms with van der Waals surface area (Å²) in [6, 6.07) is 8.62. The summed E-state index contributed by atoms with van der Waals surface area (Å²) in [6.45, 7) is 2.35. The van der Waals surface area contributed by atoms with E-state index in [1.54, 1.807) is 0 Å². The first-order chi connectivity index (χ1) is 15.1. The number of alkyl halides is 3. The molecule has 0 spiro atoms. The van der Waals surface area contributed by atoms with Crippen LogP contribution in [0.3, 0.4) is 0 Å². The number of piperidine rings is 1. The number of anilines is 2. The minimum atomic E-state index is -4.75. The van der Waals surface area contributed by atoms with Gasteiger partial charge in [-0.05, 0) is 43.2 Å². The number of nitrogens with one attached hydrogen (secondary N) is 3. The molecule has 2 aromatic rings. The van der Waals surface area contributed by atoms with Gasteiger partial charge in [0.15, 0.2) is 0 Å². The Morgan fingerprint density at radius 2 is 1.84 bits per heavy atom. The van der Waals surface area contributed by atoms with E-state index in [1.807, 2.05) is 31.2 Å². The van der Waals surface area contributed by atoms with Gasteiger partial charge in [0, 0.05) is 37.6 Å². The Bertz CT molecular complexity index is 996. The van der Waals surface area contributed by atoms with Crippen LogP contribution in [0.1, 0.15) is 17.5 Å². The van der Waals surface area contributed by atoms with Gasteiger partial charge in [-0.15, -0.1) is 0 Å². The molecule has 1 aliphatic heterocycles. The van der Waals surface area contributed by atoms with E-state index in [-0.39, 0.29) is 24.3 Å². The van der Waals surface area contributed by atoms with E-state index in [9.17, 15) is 27.2 Å². The molecule has 6 nitrogen and oxygen atoms in total. The number of benzene rings is 2. The molecule has 0 saturated carbocycles. The molecule has 3 rings (SSSR count). The Morgan fingerprint density at radius 1 is 1.12 bits per heavy atom. The molecule has 1 aliphatic rings. The van der Waals surface area contributed by atoms with Gasteiger partial charge in [-0.2, -0.15) is 13.2 Å². The Hall–Kier alpha value is -3.30. The SMILES string of the molecule is CNC(=O)N1CCC(Nc2ccccc2C)C(C(=O)Nc2cc(F)cc(C(F)(F)F)c2)C1. The van der Waals surface area contributed by atoms with Gasteiger partial charge in [-0.25, -0.2) is 9.18 Å². The minimum absolute atomic E-state index is 0.0521. The van der Waals surface area contributed by atoms with Crippen LogP contribution in [0, 0.1) is 18.7 Å². The summed E-state index contributed by atoms with van der Waals surface area (Å²) in [5.41, 5.74) is 0.279. The van der Waals surface area contributed by atoms with E-state index >= 15 is 0 Å². The Kier molecular flexibility index (Phi) is 6.90. The summed E-state index contributed by atoms with van der Waals surface area (Å²) in [5, 5.41) is 8.22. The van der Waals surface area contributed by atoms with Crippen molar-refractivity contribution < 1.29 is 27.2 Å². The number of rotatable bonds is 4. The van der Waals surface area contributed by atoms with Crippen LogP contribution in [0.2, 0.25) is 0 Å². The summed E-state index contributed by atoms with van der Waals surface area (Å²) >= 11 is 0. The Balaban J connectivity index is 1.85. The lowest BCUT2D eigenvalue weighted by Crippen LogP contribution is -2.54. The van der Waals surface area contributed by atoms with E-state index in [4.69, 9.17) is 0 Å². The van der Waals surface area contributed by atoms with Crippen molar-refractivity contribution >= 4 is 23.3 Å². The second kappa shape index (κ2) is 9.46. The number of carbonyl (C=O) groups is 2. The smallest absolute Gasteiger partial charge is 0.381 e. The Labute approximate surface area is 183 Å². The molecule has 1 fully saturated rings. The van der Waals surface area contributed by atoms with Crippen LogP contribution in [0.25, 0.3) is 0 Å². The topological polar surface area (TPSA) is 73.5 Å². The van der Waals surface area contributed by atoms with Crippen LogP contribution in [0.4, 0.5) is 33.7 Å². The molecule has 1 heterocycles. The maximum absolute atomic E-state index is 13.7. The fourth-order valence-corrected chi connectivity index (χ4v) is 3.73. The fourth-order valence-electron chi connectivity index (χ4n) is 3.73. The molecule has 2 aromatic carbocycles. The number of nitrogens with zero attached hydrogens (tertiary/aromatic N) is 1. The highest BCUT2D eigenvalue weighted by Crippen LogP contribution is 2.32. The standard InChI is InChI=1S/C22H24F4N4O2/c1-13-5-3-4-6-18(13)29-19-7-8-30(21(32)27-2)12-17(19)20(31)28-16-10-14(22(24,25)26)9-15(23)11-16/h3-6,9-11,17,19,29H,7-8,12H2,1-2H3,(H,27,32)(H,28,31). The third kappa shape index (κ3) is 5.49. The molecule has 172 valence electrons. The molecule has 0 aliphatic carbocycles. The van der Waals surface area contributed by atoms with Gasteiger partial charge < -0.3 is 20.9 Å². The average molecular weight is 452 g/mol. The van der Waals surface area contributed by atoms with Crippen LogP contribution < -0.4 is 16.0 Å². The summed E-state index contributed by atoms with van der Waals surface area (Å²) < 4.78 is 52.8. The number of carbonyl (C=O) groups excluding carboxylic acids is 2. The van der Waals surface area contributed by atoms with Gasteiger partial charge in [-0.3, -0.25) is 4.79 Å². The second-order valence-corrected chi connectivity index (χ2v) is 7.68. The van der Waals surface area contributed by atoms with Crippen LogP contribution in [0.15, 0.2) is 42.5 Å². The third-order valence-corrected chi connectivity index (χ3v) is 5.43. The van der Waals surface area contributed by atoms with Crippen molar-refractivity contribution in [1.29, 1.82) is 0 Å². The van der Waals surface area contributed by atoms with Crippen molar-refractivity contribution in [2.75, 3.05) is 30.8 Å². The number of hydrogen-bond donors (Lipinski definition) is 3. The lowest BCUT2D eigenvalue weighted by atomic mass is 9.90. The van der Waals surface area contributed by atoms with E-state index < -0.39 is 29.4 Å². The van der Waals surface area contributed by atoms with Gasteiger partial charge in [0.25, 0.3) is 0 Å². The largest absolute Gasteiger partial charge is 0.416 e. The molecule has 0 radical (unpaired) electrons. The molecular formula is C22H24F4N4O2. The summed E-state index contributed by atoms with van der Waals surface area (Å²) in [5.74, 6) is -2.50. The van der Waals surface area contributed by atoms with E-state index in [0.717, 1.165) is 17.3 Å². The van der Waals surface area contributed by atoms with Gasteiger partial charge >= 0.3 is 12.2 Å². The molecule has 3 amide bonds. The summed E-state index contributed by atoms with van der Waals surface area (Å²) in [7, 11) is 1.47. The van der Waals surface area contributed by atoms with Crippen molar-refractivity contribution in [3.63, 3.8) is 0 Å². The highest BCUT2D eigenvalue weighted by Gasteiger charge is 2.37. The summed E-state index contributed by atoms with van der Waals surface area (Å²) in [4.78, 5) is 26.6. The first-order valence-corrected chi connectivity index (χ1v) is 10.1. The molecule has 2 atom stereocenters. The van der Waals surface area contributed by atoms with E-state index in [2.05, 4.69) is 16.0 Å². The number of halogens is 4. The number of likely N-dealkylation sites (tertiary alicyclic amines) is 1. The molecular weight excluding hydrogens is 428 g/mol. The average Bonchev–Trinajstić information content (AvgIpc) is 2.74. The lowest BCUT2D eigenvalue weighted by Gasteiger charge is -2.38. The molecule has 10 heteroatoms. The zero-order valence-corrected chi connectivity index (χ0v) is 17.6. The highest BCUT2D eigenvalue weighted by atomic mass is 19.4. The van der Waals surface area contributed by atoms with Crippen LogP contribution in [-0.2, 0) is 11.0 Å². The monoisotopic (exact) mass is 452 g/mol. The van der Waals surface area contributed by atoms with Crippen molar-refractivity contribution in [2.24, 2.45) is 5.92 Å². The number of amides is 3. The Morgan fingerprint density at radius 3 is 2.50 bits per heavy atom. The molecule has 32 heavy (non-hydrogen) atoms. The van der Waals surface area contributed by atoms with Crippen molar-refractivity contribution in [1.82, 2.24) is 10.2 Å². The van der Waals surface area contributed by atoms with Crippen LogP contribution in [0.5, 0.6) is 0 Å². The summed E-state index contributed by atoms with van der Waals surface area (Å²) in [6.07, 6.45) is -4.31. The minimum Gasteiger partial charge on any atom is -0.381 e. The van der Waals surface area contributed by atoms with Crippen LogP contribution in [-0.4, -0.2) is 43.0 Å². The first kappa shape index (κ1) is 23.4. The third-order valence-electron chi connectivity index (χ3n) is 5.43. The maximum atomic E-state index is 13.7. The van der Waals surface area contributed by atoms with Gasteiger partial charge in [0.1, 0.15) is 5.82 Å². The first-order valence-electron chi connectivity index (χ1n) is 10.1. The van der Waals surface area contributed by atoms with Crippen molar-refractivity contribution in [3.05, 3.63) is 59.4 Å². The van der Waals surface area contributed by atoms with E-state index in [1.165, 1.54) is 11.9 Å². The molecule has 0 bridgehead atoms. The predicted molar refractivity (Wildman–Crippen MR) is 113 cm³/mol. The highest BCUT2D eigenvalue weighted by molar-refractivity contribution is 5.94. The molecule has 0 aromatic heterocycles. The molecule has 2 unspecified atom stereocenters. The zero-order chi connectivity index (χ0) is 23.5. The number of urea groups is 1. The van der Waals surface area contributed by atoms with Crippen molar-refractivity contribution in [2.45, 2.75) is 25.6 Å². The number of aryl methyl sites for hydroxylation is 1. The van der Waals surface area contributed by atoms with Gasteiger partial charge in [-0.1, -0.05) is 18.2 Å². The second-order valence-electron chi connectivity index (χ2n) is 7.68. The van der Waals surface area contributed by atoms with Crippen LogP contribution >= 0.6 is 0 Å². The van der Waals surface area contributed by atoms with E-state index in [0.29, 0.717) is 25.1 Å². The maximum Gasteiger partial charge on any atom is 0.416 e. The van der Waals surface area contributed by atoms with Crippen molar-refractivity contribution in [3.8, 4) is 0 Å². The number of para-hydroxylation sites is 1. The van der Waals surface area contributed by atoms with Gasteiger partial charge in [0.2, 0.25) is 5.91 Å². The fraction of sp³-hybridized carbons (Fsp3) is 0.364.